The fourth-order valence-corrected chi connectivity index (χ4v) is 4.98. The maximum atomic E-state index is 11.1. The van der Waals surface area contributed by atoms with Crippen LogP contribution >= 0.6 is 23.2 Å². The highest BCUT2D eigenvalue weighted by Crippen LogP contribution is 2.47. The number of benzene rings is 3. The molecule has 0 amide bonds. The summed E-state index contributed by atoms with van der Waals surface area (Å²) in [6, 6.07) is 12.9. The second kappa shape index (κ2) is 9.07. The summed E-state index contributed by atoms with van der Waals surface area (Å²) in [4.78, 5) is 7.01. The van der Waals surface area contributed by atoms with E-state index in [1.807, 2.05) is 50.5 Å². The number of hydrogen-bond donors (Lipinski definition) is 2. The van der Waals surface area contributed by atoms with Crippen molar-refractivity contribution < 1.29 is 10.2 Å². The van der Waals surface area contributed by atoms with Crippen molar-refractivity contribution in [2.45, 2.75) is 25.2 Å². The molecule has 1 aliphatic rings. The van der Waals surface area contributed by atoms with Gasteiger partial charge in [0.25, 0.3) is 0 Å². The van der Waals surface area contributed by atoms with Gasteiger partial charge in [-0.3, -0.25) is 4.99 Å². The molecular formula is C25H26Cl2N2O2. The fourth-order valence-electron chi connectivity index (χ4n) is 4.42. The predicted molar refractivity (Wildman–Crippen MR) is 129 cm³/mol. The van der Waals surface area contributed by atoms with E-state index in [2.05, 4.69) is 4.90 Å². The van der Waals surface area contributed by atoms with Gasteiger partial charge >= 0.3 is 0 Å². The zero-order valence-electron chi connectivity index (χ0n) is 17.7. The van der Waals surface area contributed by atoms with Gasteiger partial charge in [-0.15, -0.1) is 0 Å². The average Bonchev–Trinajstić information content (AvgIpc) is 2.74. The molecule has 0 radical (unpaired) electrons. The van der Waals surface area contributed by atoms with E-state index in [0.29, 0.717) is 45.8 Å². The van der Waals surface area contributed by atoms with Crippen LogP contribution < -0.4 is 0 Å². The molecule has 1 aliphatic carbocycles. The zero-order chi connectivity index (χ0) is 22.1. The van der Waals surface area contributed by atoms with E-state index in [9.17, 15) is 10.2 Å². The van der Waals surface area contributed by atoms with Crippen molar-refractivity contribution in [1.29, 1.82) is 0 Å². The van der Waals surface area contributed by atoms with Crippen LogP contribution in [-0.2, 0) is 6.42 Å². The molecule has 0 bridgehead atoms. The number of halogens is 2. The van der Waals surface area contributed by atoms with Crippen molar-refractivity contribution >= 4 is 39.7 Å². The lowest BCUT2D eigenvalue weighted by molar-refractivity contribution is 0.403. The van der Waals surface area contributed by atoms with Crippen LogP contribution in [0.1, 0.15) is 35.4 Å². The van der Waals surface area contributed by atoms with Crippen molar-refractivity contribution in [2.24, 2.45) is 4.99 Å². The van der Waals surface area contributed by atoms with Crippen LogP contribution in [0.4, 0.5) is 0 Å². The summed E-state index contributed by atoms with van der Waals surface area (Å²) >= 11 is 12.6. The molecule has 0 saturated heterocycles. The monoisotopic (exact) mass is 456 g/mol. The smallest absolute Gasteiger partial charge is 0.132 e. The molecule has 6 heteroatoms. The van der Waals surface area contributed by atoms with Gasteiger partial charge in [0.05, 0.1) is 0 Å². The van der Waals surface area contributed by atoms with Crippen molar-refractivity contribution in [3.63, 3.8) is 0 Å². The van der Waals surface area contributed by atoms with Crippen molar-refractivity contribution in [3.05, 3.63) is 69.2 Å². The average molecular weight is 457 g/mol. The minimum absolute atomic E-state index is 0.0383. The Bertz CT molecular complexity index is 1160. The summed E-state index contributed by atoms with van der Waals surface area (Å²) < 4.78 is 0. The molecule has 1 unspecified atom stereocenters. The van der Waals surface area contributed by atoms with Gasteiger partial charge in [0, 0.05) is 44.2 Å². The number of aromatic hydroxyl groups is 2. The van der Waals surface area contributed by atoms with Crippen LogP contribution in [0.25, 0.3) is 10.8 Å². The van der Waals surface area contributed by atoms with E-state index < -0.39 is 0 Å². The van der Waals surface area contributed by atoms with E-state index in [-0.39, 0.29) is 17.4 Å². The molecule has 0 spiro atoms. The molecule has 0 heterocycles. The Balaban J connectivity index is 1.83. The van der Waals surface area contributed by atoms with Crippen LogP contribution in [0.2, 0.25) is 10.0 Å². The first kappa shape index (κ1) is 21.9. The Morgan fingerprint density at radius 2 is 1.71 bits per heavy atom. The Kier molecular flexibility index (Phi) is 6.42. The number of rotatable bonds is 5. The van der Waals surface area contributed by atoms with Crippen LogP contribution in [0, 0.1) is 0 Å². The largest absolute Gasteiger partial charge is 0.507 e. The summed E-state index contributed by atoms with van der Waals surface area (Å²) in [5.41, 5.74) is 3.19. The molecule has 0 aliphatic heterocycles. The molecule has 0 saturated carbocycles. The van der Waals surface area contributed by atoms with Gasteiger partial charge in [-0.2, -0.15) is 0 Å². The van der Waals surface area contributed by atoms with Crippen LogP contribution in [0.3, 0.4) is 0 Å². The van der Waals surface area contributed by atoms with Gasteiger partial charge in [0.1, 0.15) is 11.5 Å². The molecule has 3 aromatic carbocycles. The quantitative estimate of drug-likeness (QED) is 0.364. The first-order chi connectivity index (χ1) is 14.9. The minimum atomic E-state index is 0.0383. The maximum absolute atomic E-state index is 11.1. The Morgan fingerprint density at radius 1 is 1.00 bits per heavy atom. The Labute approximate surface area is 192 Å². The lowest BCUT2D eigenvalue weighted by atomic mass is 9.77. The highest BCUT2D eigenvalue weighted by atomic mass is 35.5. The van der Waals surface area contributed by atoms with Gasteiger partial charge in [-0.1, -0.05) is 53.5 Å². The van der Waals surface area contributed by atoms with Crippen LogP contribution in [0.15, 0.2) is 47.5 Å². The molecule has 1 atom stereocenters. The maximum Gasteiger partial charge on any atom is 0.132 e. The van der Waals surface area contributed by atoms with Gasteiger partial charge < -0.3 is 15.1 Å². The van der Waals surface area contributed by atoms with Crippen molar-refractivity contribution in [1.82, 2.24) is 4.90 Å². The topological polar surface area (TPSA) is 56.1 Å². The number of fused-ring (bicyclic) bond motifs is 2. The van der Waals surface area contributed by atoms with E-state index in [0.717, 1.165) is 29.8 Å². The summed E-state index contributed by atoms with van der Waals surface area (Å²) in [6.45, 7) is 1.59. The Morgan fingerprint density at radius 3 is 2.39 bits per heavy atom. The number of aliphatic imine (C=N–C) groups is 1. The summed E-state index contributed by atoms with van der Waals surface area (Å²) in [5.74, 6) is 0.436. The molecule has 4 rings (SSSR count). The standard InChI is InChI=1S/C25H26Cl2N2O2/c1-29(2)11-5-10-28-22-13-15(17-9-8-16(26)14-21(17)27)12-20-23(22)25(31)19-7-4-3-6-18(19)24(20)30/h3-4,6-9,14-15,30-31H,5,10-13H2,1-2H3. The summed E-state index contributed by atoms with van der Waals surface area (Å²) in [5, 5.41) is 24.8. The summed E-state index contributed by atoms with van der Waals surface area (Å²) in [6.07, 6.45) is 2.12. The lowest BCUT2D eigenvalue weighted by Crippen LogP contribution is -2.21. The minimum Gasteiger partial charge on any atom is -0.507 e. The lowest BCUT2D eigenvalue weighted by Gasteiger charge is -2.29. The third kappa shape index (κ3) is 4.38. The van der Waals surface area contributed by atoms with Gasteiger partial charge in [-0.05, 0) is 63.5 Å². The second-order valence-electron chi connectivity index (χ2n) is 8.35. The van der Waals surface area contributed by atoms with E-state index in [1.165, 1.54) is 0 Å². The Hall–Kier alpha value is -2.27. The number of hydrogen-bond acceptors (Lipinski definition) is 4. The van der Waals surface area contributed by atoms with Gasteiger partial charge in [-0.25, -0.2) is 0 Å². The normalized spacial score (nSPS) is 17.5. The molecular weight excluding hydrogens is 431 g/mol. The molecule has 4 nitrogen and oxygen atoms in total. The molecule has 162 valence electrons. The molecule has 31 heavy (non-hydrogen) atoms. The first-order valence-corrected chi connectivity index (χ1v) is 11.2. The van der Waals surface area contributed by atoms with Gasteiger partial charge in [0.2, 0.25) is 0 Å². The highest BCUT2D eigenvalue weighted by molar-refractivity contribution is 6.35. The van der Waals surface area contributed by atoms with Crippen LogP contribution in [-0.4, -0.2) is 48.0 Å². The number of nitrogens with zero attached hydrogens (tertiary/aromatic N) is 2. The molecule has 0 aromatic heterocycles. The van der Waals surface area contributed by atoms with E-state index in [4.69, 9.17) is 28.2 Å². The molecule has 3 aromatic rings. The van der Waals surface area contributed by atoms with E-state index in [1.54, 1.807) is 6.07 Å². The number of phenolic OH excluding ortho intramolecular Hbond substituents is 2. The van der Waals surface area contributed by atoms with Crippen molar-refractivity contribution in [2.75, 3.05) is 27.2 Å². The van der Waals surface area contributed by atoms with Gasteiger partial charge in [0.15, 0.2) is 0 Å². The van der Waals surface area contributed by atoms with E-state index >= 15 is 0 Å². The highest BCUT2D eigenvalue weighted by Gasteiger charge is 2.32. The first-order valence-electron chi connectivity index (χ1n) is 10.5. The summed E-state index contributed by atoms with van der Waals surface area (Å²) in [7, 11) is 4.08. The second-order valence-corrected chi connectivity index (χ2v) is 9.20. The fraction of sp³-hybridized carbons (Fsp3) is 0.320. The molecule has 0 fully saturated rings. The van der Waals surface area contributed by atoms with Crippen LogP contribution in [0.5, 0.6) is 11.5 Å². The molecule has 2 N–H and O–H groups in total. The van der Waals surface area contributed by atoms with Crippen molar-refractivity contribution in [3.8, 4) is 11.5 Å². The SMILES string of the molecule is CN(C)CCCN=C1CC(c2ccc(Cl)cc2Cl)Cc2c1c(O)c1ccccc1c2O. The predicted octanol–water partition coefficient (Wildman–Crippen LogP) is 6.03. The third-order valence-corrected chi connectivity index (χ3v) is 6.47. The number of phenols is 2. The third-order valence-electron chi connectivity index (χ3n) is 5.91. The zero-order valence-corrected chi connectivity index (χ0v) is 19.2.